The molecule has 0 fully saturated rings. The predicted octanol–water partition coefficient (Wildman–Crippen LogP) is 5.23. The van der Waals surface area contributed by atoms with Crippen LogP contribution in [-0.2, 0) is 4.74 Å². The summed E-state index contributed by atoms with van der Waals surface area (Å²) >= 11 is 0. The van der Waals surface area contributed by atoms with Crippen molar-refractivity contribution in [2.45, 2.75) is 37.5 Å². The molecule has 7 nitrogen and oxygen atoms in total. The minimum Gasteiger partial charge on any atom is -0.476 e. The van der Waals surface area contributed by atoms with Crippen LogP contribution >= 0.6 is 0 Å². The Labute approximate surface area is 192 Å². The molecule has 1 aromatic heterocycles. The number of rotatable bonds is 3. The summed E-state index contributed by atoms with van der Waals surface area (Å²) < 4.78 is 47.0. The molecule has 176 valence electrons. The molecule has 1 aliphatic carbocycles. The van der Waals surface area contributed by atoms with E-state index in [1.807, 2.05) is 48.5 Å². The number of fused-ring (bicyclic) bond motifs is 4. The second-order valence-electron chi connectivity index (χ2n) is 8.45. The SMILES string of the molecule is CC1CC(C(F)(F)F)n2nc(C(=O)O)cc2N1C(=O)OCC1c2ccccc2-c2ccccc21. The third-order valence-electron chi connectivity index (χ3n) is 6.39. The molecule has 2 aromatic carbocycles. The van der Waals surface area contributed by atoms with Gasteiger partial charge in [0.05, 0.1) is 0 Å². The molecule has 5 rings (SSSR count). The van der Waals surface area contributed by atoms with Crippen LogP contribution < -0.4 is 4.90 Å². The Hall–Kier alpha value is -3.82. The lowest BCUT2D eigenvalue weighted by atomic mass is 9.98. The Kier molecular flexibility index (Phi) is 5.11. The van der Waals surface area contributed by atoms with Crippen LogP contribution in [0.25, 0.3) is 11.1 Å². The zero-order valence-electron chi connectivity index (χ0n) is 18.0. The molecule has 2 aliphatic rings. The molecule has 1 aliphatic heterocycles. The van der Waals surface area contributed by atoms with Crippen LogP contribution in [0.5, 0.6) is 0 Å². The van der Waals surface area contributed by atoms with Crippen molar-refractivity contribution in [1.29, 1.82) is 0 Å². The van der Waals surface area contributed by atoms with E-state index in [1.165, 1.54) is 6.92 Å². The second kappa shape index (κ2) is 7.89. The Morgan fingerprint density at radius 2 is 1.68 bits per heavy atom. The van der Waals surface area contributed by atoms with Gasteiger partial charge in [0.15, 0.2) is 11.7 Å². The van der Waals surface area contributed by atoms with Gasteiger partial charge < -0.3 is 9.84 Å². The first kappa shape index (κ1) is 22.0. The summed E-state index contributed by atoms with van der Waals surface area (Å²) in [5.74, 6) is -1.96. The van der Waals surface area contributed by atoms with Crippen molar-refractivity contribution in [2.24, 2.45) is 0 Å². The highest BCUT2D eigenvalue weighted by atomic mass is 19.4. The van der Waals surface area contributed by atoms with Crippen molar-refractivity contribution >= 4 is 17.9 Å². The van der Waals surface area contributed by atoms with Crippen molar-refractivity contribution in [3.05, 3.63) is 71.4 Å². The van der Waals surface area contributed by atoms with Gasteiger partial charge in [-0.05, 0) is 35.6 Å². The molecule has 3 aromatic rings. The molecule has 1 amide bonds. The zero-order valence-corrected chi connectivity index (χ0v) is 18.0. The van der Waals surface area contributed by atoms with Crippen LogP contribution in [0, 0.1) is 0 Å². The van der Waals surface area contributed by atoms with Gasteiger partial charge in [0, 0.05) is 18.0 Å². The molecular formula is C24H20F3N3O4. The van der Waals surface area contributed by atoms with Gasteiger partial charge >= 0.3 is 18.2 Å². The molecule has 0 saturated heterocycles. The zero-order chi connectivity index (χ0) is 24.2. The highest BCUT2D eigenvalue weighted by Crippen LogP contribution is 2.45. The van der Waals surface area contributed by atoms with Gasteiger partial charge in [0.2, 0.25) is 0 Å². The first-order chi connectivity index (χ1) is 16.2. The van der Waals surface area contributed by atoms with E-state index >= 15 is 0 Å². The van der Waals surface area contributed by atoms with Crippen LogP contribution in [0.2, 0.25) is 0 Å². The number of benzene rings is 2. The second-order valence-corrected chi connectivity index (χ2v) is 8.45. The van der Waals surface area contributed by atoms with Crippen molar-refractivity contribution in [3.63, 3.8) is 0 Å². The minimum atomic E-state index is -4.65. The monoisotopic (exact) mass is 471 g/mol. The molecule has 10 heteroatoms. The van der Waals surface area contributed by atoms with Crippen molar-refractivity contribution in [3.8, 4) is 11.1 Å². The number of carboxylic acids is 1. The van der Waals surface area contributed by atoms with E-state index < -0.39 is 42.4 Å². The van der Waals surface area contributed by atoms with E-state index in [1.54, 1.807) is 0 Å². The van der Waals surface area contributed by atoms with Gasteiger partial charge in [-0.1, -0.05) is 48.5 Å². The van der Waals surface area contributed by atoms with E-state index in [9.17, 15) is 27.9 Å². The summed E-state index contributed by atoms with van der Waals surface area (Å²) in [4.78, 5) is 25.5. The van der Waals surface area contributed by atoms with Gasteiger partial charge in [-0.2, -0.15) is 18.3 Å². The third kappa shape index (κ3) is 3.49. The minimum absolute atomic E-state index is 0.0152. The number of hydrogen-bond donors (Lipinski definition) is 1. The average Bonchev–Trinajstić information content (AvgIpc) is 3.36. The predicted molar refractivity (Wildman–Crippen MR) is 116 cm³/mol. The molecule has 0 radical (unpaired) electrons. The number of alkyl halides is 3. The van der Waals surface area contributed by atoms with E-state index in [0.29, 0.717) is 4.68 Å². The largest absolute Gasteiger partial charge is 0.476 e. The quantitative estimate of drug-likeness (QED) is 0.565. The molecule has 2 atom stereocenters. The Balaban J connectivity index is 1.44. The summed E-state index contributed by atoms with van der Waals surface area (Å²) in [7, 11) is 0. The Bertz CT molecular complexity index is 1240. The number of aromatic carboxylic acids is 1. The first-order valence-corrected chi connectivity index (χ1v) is 10.7. The number of amides is 1. The number of ether oxygens (including phenoxy) is 1. The maximum Gasteiger partial charge on any atom is 0.415 e. The van der Waals surface area contributed by atoms with Crippen LogP contribution in [0.15, 0.2) is 54.6 Å². The fraction of sp³-hybridized carbons (Fsp3) is 0.292. The van der Waals surface area contributed by atoms with Gasteiger partial charge in [-0.3, -0.25) is 4.90 Å². The number of carbonyl (C=O) groups excluding carboxylic acids is 1. The van der Waals surface area contributed by atoms with E-state index in [4.69, 9.17) is 4.74 Å². The van der Waals surface area contributed by atoms with Crippen LogP contribution in [0.1, 0.15) is 46.9 Å². The molecule has 0 saturated carbocycles. The van der Waals surface area contributed by atoms with Gasteiger partial charge in [0.25, 0.3) is 0 Å². The molecule has 0 bridgehead atoms. The van der Waals surface area contributed by atoms with Gasteiger partial charge in [-0.25, -0.2) is 14.3 Å². The van der Waals surface area contributed by atoms with Crippen LogP contribution in [-0.4, -0.2) is 45.8 Å². The number of carboxylic acid groups (broad SMARTS) is 1. The summed E-state index contributed by atoms with van der Waals surface area (Å²) in [5.41, 5.74) is 3.51. The number of halogens is 3. The lowest BCUT2D eigenvalue weighted by Gasteiger charge is -2.38. The van der Waals surface area contributed by atoms with Crippen LogP contribution in [0.3, 0.4) is 0 Å². The highest BCUT2D eigenvalue weighted by Gasteiger charge is 2.49. The summed E-state index contributed by atoms with van der Waals surface area (Å²) in [6, 6.07) is 13.6. The Morgan fingerprint density at radius 1 is 1.09 bits per heavy atom. The smallest absolute Gasteiger partial charge is 0.415 e. The standard InChI is InChI=1S/C24H20F3N3O4/c1-13-10-20(24(25,26)27)30-21(11-19(28-30)22(31)32)29(13)23(33)34-12-18-16-8-4-2-6-14(16)15-7-3-5-9-17(15)18/h2-9,11,13,18,20H,10,12H2,1H3,(H,31,32). The van der Waals surface area contributed by atoms with E-state index in [-0.39, 0.29) is 18.3 Å². The van der Waals surface area contributed by atoms with Gasteiger partial charge in [0.1, 0.15) is 12.4 Å². The first-order valence-electron chi connectivity index (χ1n) is 10.7. The molecule has 34 heavy (non-hydrogen) atoms. The van der Waals surface area contributed by atoms with Crippen molar-refractivity contribution in [1.82, 2.24) is 9.78 Å². The molecule has 1 N–H and O–H groups in total. The number of hydrogen-bond acceptors (Lipinski definition) is 4. The third-order valence-corrected chi connectivity index (χ3v) is 6.39. The molecule has 2 heterocycles. The maximum atomic E-state index is 13.6. The van der Waals surface area contributed by atoms with Gasteiger partial charge in [-0.15, -0.1) is 0 Å². The molecular weight excluding hydrogens is 451 g/mol. The Morgan fingerprint density at radius 3 is 2.24 bits per heavy atom. The number of nitrogens with zero attached hydrogens (tertiary/aromatic N) is 3. The normalized spacial score (nSPS) is 19.4. The van der Waals surface area contributed by atoms with E-state index in [2.05, 4.69) is 5.10 Å². The lowest BCUT2D eigenvalue weighted by Crippen LogP contribution is -2.48. The molecule has 0 spiro atoms. The highest BCUT2D eigenvalue weighted by molar-refractivity contribution is 5.91. The number of aromatic nitrogens is 2. The van der Waals surface area contributed by atoms with Crippen LogP contribution in [0.4, 0.5) is 23.8 Å². The fourth-order valence-electron chi connectivity index (χ4n) is 4.86. The number of carbonyl (C=O) groups is 2. The fourth-order valence-corrected chi connectivity index (χ4v) is 4.86. The van der Waals surface area contributed by atoms with E-state index in [0.717, 1.165) is 33.2 Å². The maximum absolute atomic E-state index is 13.6. The summed E-state index contributed by atoms with van der Waals surface area (Å²) in [5, 5.41) is 12.9. The summed E-state index contributed by atoms with van der Waals surface area (Å²) in [6.45, 7) is 1.45. The number of anilines is 1. The van der Waals surface area contributed by atoms with Crippen molar-refractivity contribution < 1.29 is 32.6 Å². The average molecular weight is 471 g/mol. The summed E-state index contributed by atoms with van der Waals surface area (Å²) in [6.07, 6.45) is -5.98. The molecule has 2 unspecified atom stereocenters. The lowest BCUT2D eigenvalue weighted by molar-refractivity contribution is -0.174. The topological polar surface area (TPSA) is 84.7 Å². The van der Waals surface area contributed by atoms with Crippen molar-refractivity contribution in [2.75, 3.05) is 11.5 Å².